The fourth-order valence-electron chi connectivity index (χ4n) is 6.65. The highest BCUT2D eigenvalue weighted by atomic mass is 32.1. The zero-order chi connectivity index (χ0) is 35.5. The molecule has 0 spiro atoms. The highest BCUT2D eigenvalue weighted by Gasteiger charge is 2.28. The van der Waals surface area contributed by atoms with Crippen LogP contribution in [0.5, 0.6) is 0 Å². The standard InChI is InChI=1S/C42H43NS/c1-40(2,3)27-18-20-32-30(24-27)31-25-28(41(4,5)6)19-21-33(31)43(32)34-22-23-36-38(39(34)42(7,8)9)37-29(16-13-17-35(37)44-36)26-14-11-10-12-15-26/h10-25H,1-9H3/i10D,11D,12D,14D,15D. The Labute approximate surface area is 273 Å². The molecule has 0 radical (unpaired) electrons. The van der Waals surface area contributed by atoms with Crippen LogP contribution in [0.25, 0.3) is 58.8 Å². The fourth-order valence-corrected chi connectivity index (χ4v) is 7.79. The minimum atomic E-state index is -0.380. The molecule has 7 rings (SSSR count). The fraction of sp³-hybridized carbons (Fsp3) is 0.286. The molecule has 0 N–H and O–H groups in total. The minimum absolute atomic E-state index is 0.00484. The minimum Gasteiger partial charge on any atom is -0.309 e. The molecular weight excluding hydrogens is 551 g/mol. The van der Waals surface area contributed by atoms with E-state index in [1.54, 1.807) is 11.3 Å². The van der Waals surface area contributed by atoms with E-state index in [2.05, 4.69) is 121 Å². The summed E-state index contributed by atoms with van der Waals surface area (Å²) in [6, 6.07) is 22.8. The van der Waals surface area contributed by atoms with Gasteiger partial charge in [0.2, 0.25) is 0 Å². The summed E-state index contributed by atoms with van der Waals surface area (Å²) in [5.41, 5.74) is 7.70. The van der Waals surface area contributed by atoms with Crippen molar-refractivity contribution >= 4 is 53.3 Å². The number of hydrogen-bond acceptors (Lipinski definition) is 1. The summed E-state index contributed by atoms with van der Waals surface area (Å²) in [7, 11) is 0. The highest BCUT2D eigenvalue weighted by molar-refractivity contribution is 7.26. The molecule has 1 nitrogen and oxygen atoms in total. The number of rotatable bonds is 2. The monoisotopic (exact) mass is 598 g/mol. The van der Waals surface area contributed by atoms with Crippen LogP contribution in [0.15, 0.2) is 96.9 Å². The SMILES string of the molecule is [2H]c1c([2H])c([2H])c(-c2cccc3sc4ccc(-n5c6ccc(C(C)(C)C)cc6c6cc(C(C)(C)C)ccc65)c(C(C)(C)C)c4c23)c([2H])c1[2H]. The molecule has 0 amide bonds. The first-order valence-corrected chi connectivity index (χ1v) is 16.3. The zero-order valence-corrected chi connectivity index (χ0v) is 28.0. The molecule has 2 heteroatoms. The van der Waals surface area contributed by atoms with Crippen LogP contribution in [0.1, 0.15) is 85.9 Å². The summed E-state index contributed by atoms with van der Waals surface area (Å²) in [6.07, 6.45) is 0. The molecule has 44 heavy (non-hydrogen) atoms. The third-order valence-corrected chi connectivity index (χ3v) is 10.0. The molecule has 2 heterocycles. The molecule has 0 saturated carbocycles. The Morgan fingerprint density at radius 3 is 1.70 bits per heavy atom. The van der Waals surface area contributed by atoms with E-state index in [4.69, 9.17) is 6.85 Å². The van der Waals surface area contributed by atoms with Crippen molar-refractivity contribution in [1.29, 1.82) is 0 Å². The highest BCUT2D eigenvalue weighted by Crippen LogP contribution is 2.48. The summed E-state index contributed by atoms with van der Waals surface area (Å²) in [6.45, 7) is 20.3. The van der Waals surface area contributed by atoms with Gasteiger partial charge in [0.15, 0.2) is 0 Å². The van der Waals surface area contributed by atoms with Gasteiger partial charge in [-0.3, -0.25) is 0 Å². The van der Waals surface area contributed by atoms with Crippen LogP contribution in [0.3, 0.4) is 0 Å². The largest absolute Gasteiger partial charge is 0.309 e. The maximum atomic E-state index is 8.87. The normalized spacial score (nSPS) is 14.7. The Bertz CT molecular complexity index is 2400. The van der Waals surface area contributed by atoms with Gasteiger partial charge in [-0.05, 0) is 86.5 Å². The van der Waals surface area contributed by atoms with Gasteiger partial charge in [-0.2, -0.15) is 0 Å². The Hall–Kier alpha value is -3.88. The molecule has 0 atom stereocenters. The topological polar surface area (TPSA) is 4.93 Å². The van der Waals surface area contributed by atoms with Gasteiger partial charge in [0.25, 0.3) is 0 Å². The quantitative estimate of drug-likeness (QED) is 0.186. The van der Waals surface area contributed by atoms with Crippen LogP contribution in [-0.4, -0.2) is 4.57 Å². The molecule has 0 unspecified atom stereocenters. The molecule has 7 aromatic rings. The molecular formula is C42H43NS. The molecule has 0 bridgehead atoms. The lowest BCUT2D eigenvalue weighted by Crippen LogP contribution is -2.16. The van der Waals surface area contributed by atoms with Crippen molar-refractivity contribution in [2.45, 2.75) is 78.6 Å². The van der Waals surface area contributed by atoms with Crippen molar-refractivity contribution in [1.82, 2.24) is 4.57 Å². The summed E-state index contributed by atoms with van der Waals surface area (Å²) >= 11 is 1.68. The van der Waals surface area contributed by atoms with Crippen molar-refractivity contribution in [3.63, 3.8) is 0 Å². The van der Waals surface area contributed by atoms with Crippen LogP contribution < -0.4 is 0 Å². The van der Waals surface area contributed by atoms with Crippen LogP contribution in [0, 0.1) is 0 Å². The molecule has 222 valence electrons. The second-order valence-electron chi connectivity index (χ2n) is 15.2. The van der Waals surface area contributed by atoms with Gasteiger partial charge in [-0.1, -0.05) is 117 Å². The van der Waals surface area contributed by atoms with E-state index in [0.717, 1.165) is 42.5 Å². The average molecular weight is 599 g/mol. The van der Waals surface area contributed by atoms with E-state index in [9.17, 15) is 0 Å². The summed E-state index contributed by atoms with van der Waals surface area (Å²) < 4.78 is 47.4. The van der Waals surface area contributed by atoms with Crippen molar-refractivity contribution in [3.05, 3.63) is 114 Å². The van der Waals surface area contributed by atoms with Gasteiger partial charge in [0, 0.05) is 30.9 Å². The number of thiophene rings is 1. The van der Waals surface area contributed by atoms with E-state index in [1.165, 1.54) is 21.9 Å². The molecule has 0 fully saturated rings. The first-order valence-electron chi connectivity index (χ1n) is 18.0. The van der Waals surface area contributed by atoms with Crippen molar-refractivity contribution in [2.24, 2.45) is 0 Å². The number of fused-ring (bicyclic) bond motifs is 6. The second-order valence-corrected chi connectivity index (χ2v) is 16.2. The maximum Gasteiger partial charge on any atom is 0.0629 e. The maximum absolute atomic E-state index is 8.87. The Balaban J connectivity index is 1.66. The van der Waals surface area contributed by atoms with Crippen molar-refractivity contribution < 1.29 is 6.85 Å². The average Bonchev–Trinajstić information content (AvgIpc) is 3.56. The van der Waals surface area contributed by atoms with Gasteiger partial charge in [-0.15, -0.1) is 11.3 Å². The first-order chi connectivity index (χ1) is 22.8. The second kappa shape index (κ2) is 9.81. The molecule has 2 aromatic heterocycles. The lowest BCUT2D eigenvalue weighted by atomic mass is 9.82. The summed E-state index contributed by atoms with van der Waals surface area (Å²) in [5.74, 6) is 0. The Morgan fingerprint density at radius 2 is 1.16 bits per heavy atom. The molecule has 0 aliphatic carbocycles. The molecule has 5 aromatic carbocycles. The predicted molar refractivity (Wildman–Crippen MR) is 195 cm³/mol. The molecule has 0 saturated heterocycles. The number of benzene rings is 5. The zero-order valence-electron chi connectivity index (χ0n) is 32.2. The van der Waals surface area contributed by atoms with Gasteiger partial charge in [0.1, 0.15) is 0 Å². The Morgan fingerprint density at radius 1 is 0.591 bits per heavy atom. The predicted octanol–water partition coefficient (Wildman–Crippen LogP) is 12.7. The number of hydrogen-bond donors (Lipinski definition) is 0. The van der Waals surface area contributed by atoms with E-state index in [0.29, 0.717) is 5.56 Å². The van der Waals surface area contributed by atoms with Gasteiger partial charge >= 0.3 is 0 Å². The first kappa shape index (κ1) is 23.5. The number of nitrogens with zero attached hydrogens (tertiary/aromatic N) is 1. The smallest absolute Gasteiger partial charge is 0.0629 e. The van der Waals surface area contributed by atoms with Crippen LogP contribution in [-0.2, 0) is 16.2 Å². The Kier molecular flexibility index (Phi) is 5.24. The third-order valence-electron chi connectivity index (χ3n) is 8.90. The molecule has 0 aliphatic heterocycles. The van der Waals surface area contributed by atoms with Crippen molar-refractivity contribution in [3.8, 4) is 16.8 Å². The van der Waals surface area contributed by atoms with Crippen LogP contribution >= 0.6 is 11.3 Å². The summed E-state index contributed by atoms with van der Waals surface area (Å²) in [4.78, 5) is 0. The van der Waals surface area contributed by atoms with Gasteiger partial charge in [0.05, 0.1) is 23.6 Å². The lowest BCUT2D eigenvalue weighted by Gasteiger charge is -2.26. The van der Waals surface area contributed by atoms with E-state index < -0.39 is 0 Å². The van der Waals surface area contributed by atoms with Gasteiger partial charge in [-0.25, -0.2) is 0 Å². The van der Waals surface area contributed by atoms with E-state index in [1.807, 2.05) is 12.1 Å². The third kappa shape index (κ3) is 4.58. The van der Waals surface area contributed by atoms with Gasteiger partial charge < -0.3 is 4.57 Å². The van der Waals surface area contributed by atoms with Crippen LogP contribution in [0.4, 0.5) is 0 Å². The van der Waals surface area contributed by atoms with Crippen molar-refractivity contribution in [2.75, 3.05) is 0 Å². The lowest BCUT2D eigenvalue weighted by molar-refractivity contribution is 0.590. The van der Waals surface area contributed by atoms with Crippen LogP contribution in [0.2, 0.25) is 0 Å². The van der Waals surface area contributed by atoms with E-state index in [-0.39, 0.29) is 52.0 Å². The van der Waals surface area contributed by atoms with E-state index >= 15 is 0 Å². The summed E-state index contributed by atoms with van der Waals surface area (Å²) in [5, 5.41) is 4.45. The molecule has 0 aliphatic rings. The number of aromatic nitrogens is 1.